The van der Waals surface area contributed by atoms with Crippen LogP contribution in [-0.2, 0) is 11.3 Å². The van der Waals surface area contributed by atoms with E-state index in [0.717, 1.165) is 23.9 Å². The lowest BCUT2D eigenvalue weighted by molar-refractivity contribution is 0.0873. The van der Waals surface area contributed by atoms with Gasteiger partial charge in [-0.25, -0.2) is 4.98 Å². The number of ether oxygens (including phenoxy) is 1. The van der Waals surface area contributed by atoms with Crippen molar-refractivity contribution in [2.75, 3.05) is 19.4 Å². The zero-order chi connectivity index (χ0) is 11.9. The highest BCUT2D eigenvalue weighted by Gasteiger charge is 2.13. The molecule has 1 saturated heterocycles. The van der Waals surface area contributed by atoms with Gasteiger partial charge in [-0.05, 0) is 25.6 Å². The highest BCUT2D eigenvalue weighted by atomic mass is 35.5. The van der Waals surface area contributed by atoms with Gasteiger partial charge in [0.05, 0.1) is 18.9 Å². The highest BCUT2D eigenvalue weighted by Crippen LogP contribution is 2.15. The summed E-state index contributed by atoms with van der Waals surface area (Å²) in [6, 6.07) is 0.512. The lowest BCUT2D eigenvalue weighted by atomic mass is 10.1. The number of hydrogen-bond donors (Lipinski definition) is 1. The van der Waals surface area contributed by atoms with Crippen molar-refractivity contribution < 1.29 is 4.74 Å². The van der Waals surface area contributed by atoms with Crippen molar-refractivity contribution in [1.29, 1.82) is 0 Å². The fraction of sp³-hybridized carbons (Fsp3) is 0.667. The molecule has 102 valence electrons. The van der Waals surface area contributed by atoms with Crippen LogP contribution in [0.2, 0.25) is 0 Å². The molecule has 1 N–H and O–H groups in total. The van der Waals surface area contributed by atoms with Crippen LogP contribution in [0.25, 0.3) is 0 Å². The minimum atomic E-state index is 0. The summed E-state index contributed by atoms with van der Waals surface area (Å²) in [5, 5.41) is 4.43. The number of rotatable bonds is 5. The first-order chi connectivity index (χ1) is 8.40. The van der Waals surface area contributed by atoms with Crippen LogP contribution >= 0.6 is 24.2 Å². The topological polar surface area (TPSA) is 47.0 Å². The Hall–Kier alpha value is -0.360. The fourth-order valence-corrected chi connectivity index (χ4v) is 2.50. The summed E-state index contributed by atoms with van der Waals surface area (Å²) in [7, 11) is 0. The van der Waals surface area contributed by atoms with Crippen molar-refractivity contribution in [2.45, 2.75) is 36.9 Å². The lowest BCUT2D eigenvalue weighted by Gasteiger charge is -2.23. The van der Waals surface area contributed by atoms with E-state index < -0.39 is 0 Å². The first kappa shape index (κ1) is 15.7. The van der Waals surface area contributed by atoms with Crippen LogP contribution in [0, 0.1) is 0 Å². The average molecular weight is 290 g/mol. The van der Waals surface area contributed by atoms with Gasteiger partial charge in [-0.3, -0.25) is 4.98 Å². The Morgan fingerprint density at radius 1 is 1.39 bits per heavy atom. The molecule has 2 rings (SSSR count). The zero-order valence-electron chi connectivity index (χ0n) is 10.6. The van der Waals surface area contributed by atoms with E-state index in [0.29, 0.717) is 12.6 Å². The molecule has 1 aromatic heterocycles. The highest BCUT2D eigenvalue weighted by molar-refractivity contribution is 7.98. The predicted molar refractivity (Wildman–Crippen MR) is 76.4 cm³/mol. The van der Waals surface area contributed by atoms with E-state index in [-0.39, 0.29) is 12.4 Å². The number of halogens is 1. The third-order valence-electron chi connectivity index (χ3n) is 2.90. The number of aromatic nitrogens is 2. The molecule has 1 atom stereocenters. The molecule has 2 heterocycles. The van der Waals surface area contributed by atoms with Gasteiger partial charge in [-0.15, -0.1) is 24.2 Å². The van der Waals surface area contributed by atoms with Gasteiger partial charge >= 0.3 is 0 Å². The van der Waals surface area contributed by atoms with Crippen LogP contribution in [0.15, 0.2) is 17.4 Å². The van der Waals surface area contributed by atoms with E-state index in [9.17, 15) is 0 Å². The summed E-state index contributed by atoms with van der Waals surface area (Å²) in [6.45, 7) is 2.45. The molecule has 0 aliphatic carbocycles. The second-order valence-electron chi connectivity index (χ2n) is 4.17. The van der Waals surface area contributed by atoms with Gasteiger partial charge in [0, 0.05) is 18.4 Å². The van der Waals surface area contributed by atoms with E-state index >= 15 is 0 Å². The van der Waals surface area contributed by atoms with Crippen molar-refractivity contribution in [3.05, 3.63) is 18.1 Å². The Bertz CT molecular complexity index is 348. The zero-order valence-corrected chi connectivity index (χ0v) is 12.2. The van der Waals surface area contributed by atoms with Gasteiger partial charge < -0.3 is 10.1 Å². The molecule has 0 bridgehead atoms. The van der Waals surface area contributed by atoms with E-state index in [4.69, 9.17) is 4.74 Å². The van der Waals surface area contributed by atoms with Gasteiger partial charge in [-0.1, -0.05) is 6.42 Å². The minimum absolute atomic E-state index is 0. The Morgan fingerprint density at radius 3 is 2.94 bits per heavy atom. The first-order valence-corrected chi connectivity index (χ1v) is 7.27. The SMILES string of the molecule is CSc1nccnc1COCC1CCCCN1.Cl. The third kappa shape index (κ3) is 4.72. The van der Waals surface area contributed by atoms with Gasteiger partial charge in [-0.2, -0.15) is 0 Å². The minimum Gasteiger partial charge on any atom is -0.373 e. The number of hydrogen-bond acceptors (Lipinski definition) is 5. The van der Waals surface area contributed by atoms with Crippen LogP contribution in [0.4, 0.5) is 0 Å². The molecule has 0 aromatic carbocycles. The first-order valence-electron chi connectivity index (χ1n) is 6.05. The molecule has 1 fully saturated rings. The summed E-state index contributed by atoms with van der Waals surface area (Å²) in [4.78, 5) is 8.57. The Labute approximate surface area is 119 Å². The molecule has 0 amide bonds. The molecule has 0 radical (unpaired) electrons. The monoisotopic (exact) mass is 289 g/mol. The maximum atomic E-state index is 5.72. The number of nitrogens with one attached hydrogen (secondary N) is 1. The van der Waals surface area contributed by atoms with E-state index in [2.05, 4.69) is 15.3 Å². The van der Waals surface area contributed by atoms with Crippen LogP contribution in [0.3, 0.4) is 0 Å². The second-order valence-corrected chi connectivity index (χ2v) is 4.97. The Kier molecular flexibility index (Phi) is 7.58. The number of piperidine rings is 1. The second kappa shape index (κ2) is 8.69. The fourth-order valence-electron chi connectivity index (χ4n) is 1.99. The van der Waals surface area contributed by atoms with Crippen LogP contribution < -0.4 is 5.32 Å². The molecular formula is C12H20ClN3OS. The lowest BCUT2D eigenvalue weighted by Crippen LogP contribution is -2.37. The van der Waals surface area contributed by atoms with Crippen molar-refractivity contribution in [2.24, 2.45) is 0 Å². The molecule has 18 heavy (non-hydrogen) atoms. The van der Waals surface area contributed by atoms with Crippen molar-refractivity contribution >= 4 is 24.2 Å². The molecular weight excluding hydrogens is 270 g/mol. The van der Waals surface area contributed by atoms with Gasteiger partial charge in [0.25, 0.3) is 0 Å². The molecule has 1 aliphatic heterocycles. The van der Waals surface area contributed by atoms with Gasteiger partial charge in [0.2, 0.25) is 0 Å². The summed E-state index contributed by atoms with van der Waals surface area (Å²) >= 11 is 1.61. The standard InChI is InChI=1S/C12H19N3OS.ClH/c1-17-12-11(14-6-7-15-12)9-16-8-10-4-2-3-5-13-10;/h6-7,10,13H,2-5,8-9H2,1H3;1H. The molecule has 6 heteroatoms. The van der Waals surface area contributed by atoms with Crippen molar-refractivity contribution in [3.63, 3.8) is 0 Å². The maximum Gasteiger partial charge on any atom is 0.120 e. The molecule has 4 nitrogen and oxygen atoms in total. The maximum absolute atomic E-state index is 5.72. The van der Waals surface area contributed by atoms with E-state index in [1.165, 1.54) is 19.3 Å². The summed E-state index contributed by atoms with van der Waals surface area (Å²) in [5.41, 5.74) is 0.941. The molecule has 0 saturated carbocycles. The number of thioether (sulfide) groups is 1. The van der Waals surface area contributed by atoms with E-state index in [1.807, 2.05) is 6.26 Å². The van der Waals surface area contributed by atoms with Crippen LogP contribution in [-0.4, -0.2) is 35.4 Å². The third-order valence-corrected chi connectivity index (χ3v) is 3.63. The van der Waals surface area contributed by atoms with E-state index in [1.54, 1.807) is 24.2 Å². The largest absolute Gasteiger partial charge is 0.373 e. The summed E-state index contributed by atoms with van der Waals surface area (Å²) in [5.74, 6) is 0. The molecule has 0 spiro atoms. The quantitative estimate of drug-likeness (QED) is 0.843. The Balaban J connectivity index is 0.00000162. The van der Waals surface area contributed by atoms with Crippen molar-refractivity contribution in [3.8, 4) is 0 Å². The smallest absolute Gasteiger partial charge is 0.120 e. The predicted octanol–water partition coefficient (Wildman–Crippen LogP) is 2.28. The Morgan fingerprint density at radius 2 is 2.22 bits per heavy atom. The summed E-state index contributed by atoms with van der Waals surface area (Å²) in [6.07, 6.45) is 9.26. The van der Waals surface area contributed by atoms with Gasteiger partial charge in [0.1, 0.15) is 5.03 Å². The number of nitrogens with zero attached hydrogens (tertiary/aromatic N) is 2. The summed E-state index contributed by atoms with van der Waals surface area (Å²) < 4.78 is 5.72. The van der Waals surface area contributed by atoms with Gasteiger partial charge in [0.15, 0.2) is 0 Å². The van der Waals surface area contributed by atoms with Crippen molar-refractivity contribution in [1.82, 2.24) is 15.3 Å². The molecule has 1 unspecified atom stereocenters. The van der Waals surface area contributed by atoms with Crippen LogP contribution in [0.1, 0.15) is 25.0 Å². The molecule has 1 aliphatic rings. The molecule has 1 aromatic rings. The normalized spacial score (nSPS) is 19.3. The van der Waals surface area contributed by atoms with Crippen LogP contribution in [0.5, 0.6) is 0 Å². The average Bonchev–Trinajstić information content (AvgIpc) is 2.40.